The van der Waals surface area contributed by atoms with Crippen LogP contribution in [0.4, 0.5) is 0 Å². The van der Waals surface area contributed by atoms with Crippen LogP contribution in [0.25, 0.3) is 11.1 Å². The second-order valence-electron chi connectivity index (χ2n) is 7.65. The monoisotopic (exact) mass is 474 g/mol. The van der Waals surface area contributed by atoms with E-state index in [2.05, 4.69) is 46.6 Å². The zero-order chi connectivity index (χ0) is 22.8. The highest BCUT2D eigenvalue weighted by atomic mass is 35.5. The molecule has 0 saturated heterocycles. The van der Waals surface area contributed by atoms with Crippen molar-refractivity contribution in [1.29, 1.82) is 0 Å². The first kappa shape index (κ1) is 21.4. The van der Waals surface area contributed by atoms with Crippen molar-refractivity contribution in [2.75, 3.05) is 0 Å². The van der Waals surface area contributed by atoms with E-state index in [1.807, 2.05) is 30.3 Å². The maximum absolute atomic E-state index is 11.5. The Hall–Kier alpha value is -3.42. The predicted molar refractivity (Wildman–Crippen MR) is 130 cm³/mol. The zero-order valence-corrected chi connectivity index (χ0v) is 19.0. The molecule has 0 saturated carbocycles. The van der Waals surface area contributed by atoms with Gasteiger partial charge in [0.25, 0.3) is 0 Å². The molecule has 1 N–H and O–H groups in total. The van der Waals surface area contributed by atoms with Crippen LogP contribution in [0.15, 0.2) is 89.1 Å². The lowest BCUT2D eigenvalue weighted by Gasteiger charge is -2.22. The van der Waals surface area contributed by atoms with Gasteiger partial charge in [-0.1, -0.05) is 90.1 Å². The smallest absolute Gasteiger partial charge is 0.304 e. The van der Waals surface area contributed by atoms with Crippen LogP contribution < -0.4 is 0 Å². The van der Waals surface area contributed by atoms with Gasteiger partial charge in [0.05, 0.1) is 17.4 Å². The van der Waals surface area contributed by atoms with Gasteiger partial charge in [-0.25, -0.2) is 0 Å². The first-order valence-corrected chi connectivity index (χ1v) is 11.6. The van der Waals surface area contributed by atoms with E-state index in [1.54, 1.807) is 16.8 Å². The molecule has 0 amide bonds. The molecule has 4 aromatic rings. The second kappa shape index (κ2) is 9.21. The first-order valence-electron chi connectivity index (χ1n) is 10.4. The fourth-order valence-corrected chi connectivity index (χ4v) is 4.96. The second-order valence-corrected chi connectivity index (χ2v) is 9.25. The minimum Gasteiger partial charge on any atom is -0.481 e. The van der Waals surface area contributed by atoms with Gasteiger partial charge in [-0.2, -0.15) is 9.78 Å². The Labute approximate surface area is 199 Å². The third-order valence-electron chi connectivity index (χ3n) is 5.36. The lowest BCUT2D eigenvalue weighted by atomic mass is 10.0. The van der Waals surface area contributed by atoms with E-state index in [1.165, 1.54) is 17.3 Å². The van der Waals surface area contributed by atoms with Crippen molar-refractivity contribution in [2.24, 2.45) is 5.10 Å². The average Bonchev–Trinajstić information content (AvgIpc) is 3.21. The standard InChI is InChI=1S/C25H19ClN4O2S/c26-20-12-10-19(11-13-20)24-21(15-23(31)32)33-25-28-27-22(30(25)29-24)14-16-6-8-18(9-7-16)17-4-2-1-3-5-17/h1-13,21H,14-15H2,(H,31,32). The van der Waals surface area contributed by atoms with Gasteiger partial charge in [0.15, 0.2) is 5.82 Å². The average molecular weight is 475 g/mol. The molecule has 33 heavy (non-hydrogen) atoms. The molecule has 1 aliphatic rings. The number of carboxylic acids is 1. The number of aromatic nitrogens is 3. The number of fused-ring (bicyclic) bond motifs is 1. The molecule has 5 rings (SSSR count). The molecular weight excluding hydrogens is 456 g/mol. The van der Waals surface area contributed by atoms with E-state index >= 15 is 0 Å². The molecule has 1 atom stereocenters. The summed E-state index contributed by atoms with van der Waals surface area (Å²) in [5.74, 6) is -0.189. The Morgan fingerprint density at radius 2 is 1.58 bits per heavy atom. The fraction of sp³-hybridized carbons (Fsp3) is 0.120. The lowest BCUT2D eigenvalue weighted by Crippen LogP contribution is -2.27. The fourth-order valence-electron chi connectivity index (χ4n) is 3.72. The van der Waals surface area contributed by atoms with Gasteiger partial charge in [-0.3, -0.25) is 4.79 Å². The predicted octanol–water partition coefficient (Wildman–Crippen LogP) is 5.39. The van der Waals surface area contributed by atoms with Gasteiger partial charge in [0, 0.05) is 11.4 Å². The lowest BCUT2D eigenvalue weighted by molar-refractivity contribution is -0.136. The molecule has 1 aromatic heterocycles. The number of carbonyl (C=O) groups is 1. The molecule has 3 aromatic carbocycles. The van der Waals surface area contributed by atoms with E-state index in [0.29, 0.717) is 28.1 Å². The molecule has 0 fully saturated rings. The normalized spacial score (nSPS) is 15.1. The van der Waals surface area contributed by atoms with E-state index < -0.39 is 5.97 Å². The molecule has 0 spiro atoms. The quantitative estimate of drug-likeness (QED) is 0.405. The third kappa shape index (κ3) is 4.69. The van der Waals surface area contributed by atoms with Gasteiger partial charge < -0.3 is 5.11 Å². The highest BCUT2D eigenvalue weighted by Gasteiger charge is 2.30. The molecule has 1 unspecified atom stereocenters. The summed E-state index contributed by atoms with van der Waals surface area (Å²) in [7, 11) is 0. The van der Waals surface area contributed by atoms with Crippen LogP contribution in [0.2, 0.25) is 5.02 Å². The van der Waals surface area contributed by atoms with Crippen LogP contribution in [0, 0.1) is 0 Å². The van der Waals surface area contributed by atoms with E-state index in [9.17, 15) is 9.90 Å². The van der Waals surface area contributed by atoms with E-state index in [0.717, 1.165) is 16.7 Å². The molecule has 8 heteroatoms. The highest BCUT2D eigenvalue weighted by molar-refractivity contribution is 8.00. The molecule has 0 radical (unpaired) electrons. The van der Waals surface area contributed by atoms with Crippen LogP contribution in [-0.4, -0.2) is 36.9 Å². The number of rotatable bonds is 6. The minimum absolute atomic E-state index is 0.0603. The summed E-state index contributed by atoms with van der Waals surface area (Å²) in [6, 6.07) is 25.8. The zero-order valence-electron chi connectivity index (χ0n) is 17.4. The van der Waals surface area contributed by atoms with Crippen LogP contribution in [-0.2, 0) is 11.2 Å². The summed E-state index contributed by atoms with van der Waals surface area (Å²) >= 11 is 7.40. The summed E-state index contributed by atoms with van der Waals surface area (Å²) in [6.45, 7) is 0. The van der Waals surface area contributed by atoms with E-state index in [4.69, 9.17) is 16.7 Å². The van der Waals surface area contributed by atoms with Crippen molar-refractivity contribution in [3.05, 3.63) is 101 Å². The summed E-state index contributed by atoms with van der Waals surface area (Å²) < 4.78 is 1.72. The van der Waals surface area contributed by atoms with Crippen LogP contribution in [0.5, 0.6) is 0 Å². The number of benzene rings is 3. The molecule has 6 nitrogen and oxygen atoms in total. The Morgan fingerprint density at radius 1 is 0.909 bits per heavy atom. The summed E-state index contributed by atoms with van der Waals surface area (Å²) in [5, 5.41) is 23.6. The number of hydrogen-bond donors (Lipinski definition) is 1. The maximum atomic E-state index is 11.5. The number of hydrogen-bond acceptors (Lipinski definition) is 5. The summed E-state index contributed by atoms with van der Waals surface area (Å²) in [4.78, 5) is 11.5. The van der Waals surface area contributed by atoms with Crippen molar-refractivity contribution < 1.29 is 9.90 Å². The molecule has 0 aliphatic carbocycles. The number of carboxylic acid groups (broad SMARTS) is 1. The Morgan fingerprint density at radius 3 is 2.27 bits per heavy atom. The molecule has 0 bridgehead atoms. The van der Waals surface area contributed by atoms with E-state index in [-0.39, 0.29) is 11.7 Å². The number of nitrogens with zero attached hydrogens (tertiary/aromatic N) is 4. The van der Waals surface area contributed by atoms with Crippen LogP contribution in [0.1, 0.15) is 23.4 Å². The SMILES string of the molecule is O=C(O)CC1Sc2nnc(Cc3ccc(-c4ccccc4)cc3)n2N=C1c1ccc(Cl)cc1. The Kier molecular flexibility index (Phi) is 5.98. The van der Waals surface area contributed by atoms with Gasteiger partial charge in [0.2, 0.25) is 5.16 Å². The van der Waals surface area contributed by atoms with Crippen molar-refractivity contribution in [3.8, 4) is 11.1 Å². The summed E-state index contributed by atoms with van der Waals surface area (Å²) in [6.07, 6.45) is 0.499. The number of aliphatic carboxylic acids is 1. The maximum Gasteiger partial charge on any atom is 0.304 e. The Bertz CT molecular complexity index is 1320. The van der Waals surface area contributed by atoms with Crippen molar-refractivity contribution in [1.82, 2.24) is 14.9 Å². The van der Waals surface area contributed by atoms with Crippen molar-refractivity contribution in [3.63, 3.8) is 0 Å². The minimum atomic E-state index is -0.888. The van der Waals surface area contributed by atoms with Crippen LogP contribution >= 0.6 is 23.4 Å². The first-order chi connectivity index (χ1) is 16.1. The molecule has 1 aliphatic heterocycles. The van der Waals surface area contributed by atoms with Gasteiger partial charge >= 0.3 is 5.97 Å². The number of halogens is 1. The van der Waals surface area contributed by atoms with Crippen LogP contribution in [0.3, 0.4) is 0 Å². The highest BCUT2D eigenvalue weighted by Crippen LogP contribution is 2.33. The van der Waals surface area contributed by atoms with Crippen molar-refractivity contribution >= 4 is 35.0 Å². The van der Waals surface area contributed by atoms with Crippen molar-refractivity contribution in [2.45, 2.75) is 23.2 Å². The third-order valence-corrected chi connectivity index (χ3v) is 6.75. The van der Waals surface area contributed by atoms with Gasteiger partial charge in [-0.05, 0) is 34.4 Å². The summed E-state index contributed by atoms with van der Waals surface area (Å²) in [5.41, 5.74) is 4.91. The Balaban J connectivity index is 1.45. The molecule has 164 valence electrons. The molecule has 2 heterocycles. The topological polar surface area (TPSA) is 80.4 Å². The number of thioether (sulfide) groups is 1. The largest absolute Gasteiger partial charge is 0.481 e. The van der Waals surface area contributed by atoms with Gasteiger partial charge in [0.1, 0.15) is 0 Å². The van der Waals surface area contributed by atoms with Gasteiger partial charge in [-0.15, -0.1) is 10.2 Å². The molecular formula is C25H19ClN4O2S.